The minimum absolute atomic E-state index is 0.110. The number of rotatable bonds is 4. The molecule has 0 fully saturated rings. The van der Waals surface area contributed by atoms with Gasteiger partial charge in [-0.2, -0.15) is 0 Å². The van der Waals surface area contributed by atoms with Crippen LogP contribution in [0.1, 0.15) is 18.1 Å². The van der Waals surface area contributed by atoms with Gasteiger partial charge in [0.05, 0.1) is 4.92 Å². The van der Waals surface area contributed by atoms with E-state index in [1.165, 1.54) is 6.07 Å². The van der Waals surface area contributed by atoms with Crippen LogP contribution in [0.25, 0.3) is 0 Å². The Kier molecular flexibility index (Phi) is 3.62. The lowest BCUT2D eigenvalue weighted by molar-refractivity contribution is -0.385. The molecular weight excluding hydrogens is 208 g/mol. The lowest BCUT2D eigenvalue weighted by Gasteiger charge is -2.27. The first-order valence-corrected chi connectivity index (χ1v) is 4.95. The lowest BCUT2D eigenvalue weighted by Crippen LogP contribution is -2.33. The molecule has 0 spiro atoms. The van der Waals surface area contributed by atoms with E-state index in [-0.39, 0.29) is 5.69 Å². The van der Waals surface area contributed by atoms with Crippen molar-refractivity contribution in [3.63, 3.8) is 0 Å². The first-order valence-electron chi connectivity index (χ1n) is 4.95. The van der Waals surface area contributed by atoms with Crippen LogP contribution in [0.3, 0.4) is 0 Å². The molecule has 1 atom stereocenters. The molecule has 88 valence electrons. The highest BCUT2D eigenvalue weighted by Crippen LogP contribution is 2.27. The van der Waals surface area contributed by atoms with Gasteiger partial charge < -0.3 is 10.5 Å². The number of methoxy groups -OCH3 is 1. The fraction of sp³-hybridized carbons (Fsp3) is 0.455. The monoisotopic (exact) mass is 224 g/mol. The molecule has 0 aliphatic carbocycles. The van der Waals surface area contributed by atoms with Gasteiger partial charge in [0.1, 0.15) is 5.60 Å². The Morgan fingerprint density at radius 3 is 2.56 bits per heavy atom. The third-order valence-corrected chi connectivity index (χ3v) is 2.84. The fourth-order valence-corrected chi connectivity index (χ4v) is 1.51. The van der Waals surface area contributed by atoms with Crippen LogP contribution in [0.2, 0.25) is 0 Å². The van der Waals surface area contributed by atoms with Gasteiger partial charge in [0.25, 0.3) is 5.69 Å². The van der Waals surface area contributed by atoms with Gasteiger partial charge in [-0.15, -0.1) is 0 Å². The summed E-state index contributed by atoms with van der Waals surface area (Å²) in [5.74, 6) is 0. The maximum atomic E-state index is 10.7. The van der Waals surface area contributed by atoms with E-state index >= 15 is 0 Å². The van der Waals surface area contributed by atoms with Crippen LogP contribution in [0.5, 0.6) is 0 Å². The number of ether oxygens (including phenoxy) is 1. The predicted octanol–water partition coefficient (Wildman–Crippen LogP) is 1.72. The largest absolute Gasteiger partial charge is 0.372 e. The number of hydrogen-bond acceptors (Lipinski definition) is 4. The quantitative estimate of drug-likeness (QED) is 0.624. The van der Waals surface area contributed by atoms with Gasteiger partial charge in [-0.25, -0.2) is 0 Å². The maximum absolute atomic E-state index is 10.7. The first-order chi connectivity index (χ1) is 7.44. The van der Waals surface area contributed by atoms with E-state index in [1.807, 2.05) is 6.92 Å². The maximum Gasteiger partial charge on any atom is 0.272 e. The standard InChI is InChI=1S/C11H16N2O3/c1-8-6-9(11(2,7-12)16-3)4-5-10(8)13(14)15/h4-6H,7,12H2,1-3H3. The highest BCUT2D eigenvalue weighted by atomic mass is 16.6. The number of nitrogens with two attached hydrogens (primary N) is 1. The number of nitro groups is 1. The van der Waals surface area contributed by atoms with Gasteiger partial charge in [-0.3, -0.25) is 10.1 Å². The molecule has 0 aliphatic rings. The highest BCUT2D eigenvalue weighted by Gasteiger charge is 2.25. The number of nitrogens with zero attached hydrogens (tertiary/aromatic N) is 1. The minimum atomic E-state index is -0.597. The van der Waals surface area contributed by atoms with Crippen LogP contribution >= 0.6 is 0 Å². The summed E-state index contributed by atoms with van der Waals surface area (Å²) in [7, 11) is 1.57. The SMILES string of the molecule is COC(C)(CN)c1ccc([N+](=O)[O-])c(C)c1. The number of benzene rings is 1. The van der Waals surface area contributed by atoms with Crippen molar-refractivity contribution in [1.82, 2.24) is 0 Å². The molecule has 0 radical (unpaired) electrons. The van der Waals surface area contributed by atoms with Crippen molar-refractivity contribution in [1.29, 1.82) is 0 Å². The molecule has 0 aliphatic heterocycles. The Labute approximate surface area is 94.4 Å². The molecule has 0 saturated heterocycles. The number of aryl methyl sites for hydroxylation is 1. The van der Waals surface area contributed by atoms with Gasteiger partial charge in [0.2, 0.25) is 0 Å². The average Bonchev–Trinajstić information content (AvgIpc) is 2.27. The summed E-state index contributed by atoms with van der Waals surface area (Å²) in [4.78, 5) is 10.3. The lowest BCUT2D eigenvalue weighted by atomic mass is 9.94. The Balaban J connectivity index is 3.19. The van der Waals surface area contributed by atoms with E-state index in [0.717, 1.165) is 5.56 Å². The Bertz CT molecular complexity index is 400. The molecule has 0 amide bonds. The summed E-state index contributed by atoms with van der Waals surface area (Å²) in [6.45, 7) is 3.88. The van der Waals surface area contributed by atoms with Crippen LogP contribution in [-0.2, 0) is 10.3 Å². The summed E-state index contributed by atoms with van der Waals surface area (Å²) >= 11 is 0. The number of hydrogen-bond donors (Lipinski definition) is 1. The molecule has 5 heteroatoms. The predicted molar refractivity (Wildman–Crippen MR) is 61.2 cm³/mol. The van der Waals surface area contributed by atoms with Gasteiger partial charge >= 0.3 is 0 Å². The highest BCUT2D eigenvalue weighted by molar-refractivity contribution is 5.43. The zero-order chi connectivity index (χ0) is 12.3. The van der Waals surface area contributed by atoms with Crippen molar-refractivity contribution in [2.45, 2.75) is 19.4 Å². The van der Waals surface area contributed by atoms with E-state index in [4.69, 9.17) is 10.5 Å². The first kappa shape index (κ1) is 12.6. The van der Waals surface area contributed by atoms with Crippen LogP contribution in [0.4, 0.5) is 5.69 Å². The zero-order valence-corrected chi connectivity index (χ0v) is 9.69. The van der Waals surface area contributed by atoms with Gasteiger partial charge in [0, 0.05) is 25.3 Å². The molecule has 0 heterocycles. The molecule has 1 unspecified atom stereocenters. The van der Waals surface area contributed by atoms with Crippen LogP contribution in [-0.4, -0.2) is 18.6 Å². The van der Waals surface area contributed by atoms with E-state index in [1.54, 1.807) is 26.2 Å². The van der Waals surface area contributed by atoms with E-state index < -0.39 is 10.5 Å². The van der Waals surface area contributed by atoms with Crippen molar-refractivity contribution < 1.29 is 9.66 Å². The molecule has 0 aromatic heterocycles. The van der Waals surface area contributed by atoms with Gasteiger partial charge in [-0.1, -0.05) is 0 Å². The van der Waals surface area contributed by atoms with E-state index in [0.29, 0.717) is 12.1 Å². The summed E-state index contributed by atoms with van der Waals surface area (Å²) in [5.41, 5.74) is 6.61. The fourth-order valence-electron chi connectivity index (χ4n) is 1.51. The molecule has 2 N–H and O–H groups in total. The van der Waals surface area contributed by atoms with E-state index in [9.17, 15) is 10.1 Å². The molecule has 1 rings (SSSR count). The second-order valence-electron chi connectivity index (χ2n) is 3.90. The smallest absolute Gasteiger partial charge is 0.272 e. The van der Waals surface area contributed by atoms with Crippen LogP contribution in [0, 0.1) is 17.0 Å². The van der Waals surface area contributed by atoms with Gasteiger partial charge in [-0.05, 0) is 31.5 Å². The summed E-state index contributed by atoms with van der Waals surface area (Å²) < 4.78 is 5.33. The third-order valence-electron chi connectivity index (χ3n) is 2.84. The zero-order valence-electron chi connectivity index (χ0n) is 9.69. The molecular formula is C11H16N2O3. The molecule has 0 saturated carbocycles. The molecule has 5 nitrogen and oxygen atoms in total. The Hall–Kier alpha value is -1.46. The second-order valence-corrected chi connectivity index (χ2v) is 3.90. The average molecular weight is 224 g/mol. The Morgan fingerprint density at radius 1 is 1.56 bits per heavy atom. The minimum Gasteiger partial charge on any atom is -0.372 e. The number of nitro benzene ring substituents is 1. The van der Waals surface area contributed by atoms with Crippen LogP contribution in [0.15, 0.2) is 18.2 Å². The van der Waals surface area contributed by atoms with Crippen molar-refractivity contribution >= 4 is 5.69 Å². The van der Waals surface area contributed by atoms with Crippen molar-refractivity contribution in [3.8, 4) is 0 Å². The van der Waals surface area contributed by atoms with Gasteiger partial charge in [0.15, 0.2) is 0 Å². The molecule has 1 aromatic carbocycles. The summed E-state index contributed by atoms with van der Waals surface area (Å²) in [5, 5.41) is 10.7. The Morgan fingerprint density at radius 2 is 2.19 bits per heavy atom. The van der Waals surface area contributed by atoms with Crippen molar-refractivity contribution in [2.24, 2.45) is 5.73 Å². The molecule has 16 heavy (non-hydrogen) atoms. The van der Waals surface area contributed by atoms with Crippen molar-refractivity contribution in [2.75, 3.05) is 13.7 Å². The summed E-state index contributed by atoms with van der Waals surface area (Å²) in [6.07, 6.45) is 0. The second kappa shape index (κ2) is 4.59. The van der Waals surface area contributed by atoms with E-state index in [2.05, 4.69) is 0 Å². The molecule has 1 aromatic rings. The normalized spacial score (nSPS) is 14.5. The molecule has 0 bridgehead atoms. The summed E-state index contributed by atoms with van der Waals surface area (Å²) in [6, 6.07) is 4.91. The third kappa shape index (κ3) is 2.20. The van der Waals surface area contributed by atoms with Crippen LogP contribution < -0.4 is 5.73 Å². The van der Waals surface area contributed by atoms with Crippen molar-refractivity contribution in [3.05, 3.63) is 39.4 Å². The topological polar surface area (TPSA) is 78.4 Å².